The number of aromatic nitrogens is 5. The Balaban J connectivity index is 1.41. The zero-order valence-corrected chi connectivity index (χ0v) is 25.5. The predicted octanol–water partition coefficient (Wildman–Crippen LogP) is 6.96. The minimum absolute atomic E-state index is 0.0424. The highest BCUT2D eigenvalue weighted by Crippen LogP contribution is 2.37. The van der Waals surface area contributed by atoms with E-state index in [1.54, 1.807) is 28.2 Å². The standard InChI is InChI=1S/C29H26Cl2FN9OS/c1-16(2)41-14-24(38-39-41)28(25-15-43-29(37-25)40-5-7-42-8-6-40)36-19-9-20-26(35-18-3-4-23(32)21(30)10-18)17(12-33)13-34-27(20)22(31)11-19/h3-4,9-11,13-16,28,36H,5-8H2,1-2H3,(H,34,35)/t28-/m1/s1. The Kier molecular flexibility index (Phi) is 8.32. The molecule has 0 aliphatic carbocycles. The molecule has 1 saturated heterocycles. The quantitative estimate of drug-likeness (QED) is 0.186. The summed E-state index contributed by atoms with van der Waals surface area (Å²) in [5.74, 6) is -0.541. The van der Waals surface area contributed by atoms with Crippen LogP contribution in [0.1, 0.15) is 42.9 Å². The van der Waals surface area contributed by atoms with Crippen LogP contribution in [0, 0.1) is 17.1 Å². The number of rotatable bonds is 8. The highest BCUT2D eigenvalue weighted by molar-refractivity contribution is 7.13. The summed E-state index contributed by atoms with van der Waals surface area (Å²) in [6.45, 7) is 6.94. The number of anilines is 4. The summed E-state index contributed by atoms with van der Waals surface area (Å²) in [4.78, 5) is 11.6. The second-order valence-corrected chi connectivity index (χ2v) is 11.9. The number of fused-ring (bicyclic) bond motifs is 1. The number of nitriles is 1. The number of pyridine rings is 1. The number of hydrogen-bond acceptors (Lipinski definition) is 10. The van der Waals surface area contributed by atoms with Gasteiger partial charge in [0.1, 0.15) is 23.6 Å². The summed E-state index contributed by atoms with van der Waals surface area (Å²) in [5.41, 5.74) is 3.87. The van der Waals surface area contributed by atoms with Crippen molar-refractivity contribution in [2.45, 2.75) is 25.9 Å². The van der Waals surface area contributed by atoms with Crippen LogP contribution in [0.25, 0.3) is 10.9 Å². The lowest BCUT2D eigenvalue weighted by Gasteiger charge is -2.26. The van der Waals surface area contributed by atoms with E-state index in [1.807, 2.05) is 31.5 Å². The van der Waals surface area contributed by atoms with Crippen molar-refractivity contribution in [3.8, 4) is 6.07 Å². The number of thiazole rings is 1. The van der Waals surface area contributed by atoms with Crippen molar-refractivity contribution < 1.29 is 9.13 Å². The first kappa shape index (κ1) is 29.1. The Morgan fingerprint density at radius 2 is 1.88 bits per heavy atom. The third-order valence-electron chi connectivity index (χ3n) is 6.99. The lowest BCUT2D eigenvalue weighted by Crippen LogP contribution is -2.36. The Morgan fingerprint density at radius 3 is 2.60 bits per heavy atom. The fourth-order valence-corrected chi connectivity index (χ4v) is 6.08. The summed E-state index contributed by atoms with van der Waals surface area (Å²) in [7, 11) is 0. The molecule has 6 rings (SSSR count). The van der Waals surface area contributed by atoms with Crippen molar-refractivity contribution in [1.82, 2.24) is 25.0 Å². The first-order valence-electron chi connectivity index (χ1n) is 13.5. The zero-order valence-electron chi connectivity index (χ0n) is 23.2. The normalized spacial score (nSPS) is 14.2. The molecule has 1 fully saturated rings. The van der Waals surface area contributed by atoms with Crippen molar-refractivity contribution in [3.63, 3.8) is 0 Å². The lowest BCUT2D eigenvalue weighted by atomic mass is 10.1. The van der Waals surface area contributed by atoms with E-state index in [4.69, 9.17) is 32.9 Å². The SMILES string of the molecule is CC(C)n1cc([C@@H](Nc2cc(Cl)c3ncc(C#N)c(Nc4ccc(F)c(Cl)c4)c3c2)c2csc(N3CCOCC3)n2)nn1. The van der Waals surface area contributed by atoms with Crippen LogP contribution in [0.15, 0.2) is 48.1 Å². The lowest BCUT2D eigenvalue weighted by molar-refractivity contribution is 0.122. The molecule has 10 nitrogen and oxygen atoms in total. The van der Waals surface area contributed by atoms with Crippen LogP contribution in [0.5, 0.6) is 0 Å². The third kappa shape index (κ3) is 6.07. The number of nitrogens with zero attached hydrogens (tertiary/aromatic N) is 7. The molecule has 5 aromatic rings. The van der Waals surface area contributed by atoms with Crippen molar-refractivity contribution in [2.24, 2.45) is 0 Å². The summed E-state index contributed by atoms with van der Waals surface area (Å²) >= 11 is 14.3. The van der Waals surface area contributed by atoms with Crippen LogP contribution in [0.3, 0.4) is 0 Å². The fourth-order valence-electron chi connectivity index (χ4n) is 4.73. The Labute approximate surface area is 261 Å². The van der Waals surface area contributed by atoms with Gasteiger partial charge in [-0.25, -0.2) is 14.1 Å². The number of ether oxygens (including phenoxy) is 1. The molecule has 0 bridgehead atoms. The van der Waals surface area contributed by atoms with E-state index in [9.17, 15) is 9.65 Å². The molecule has 2 N–H and O–H groups in total. The van der Waals surface area contributed by atoms with E-state index in [1.165, 1.54) is 18.3 Å². The van der Waals surface area contributed by atoms with E-state index >= 15 is 0 Å². The number of halogens is 3. The number of hydrogen-bond donors (Lipinski definition) is 2. The summed E-state index contributed by atoms with van der Waals surface area (Å²) in [5, 5.41) is 29.3. The number of benzene rings is 2. The first-order valence-corrected chi connectivity index (χ1v) is 15.1. The second kappa shape index (κ2) is 12.3. The molecule has 0 spiro atoms. The molecule has 0 amide bonds. The molecule has 2 aromatic carbocycles. The number of nitrogens with one attached hydrogen (secondary N) is 2. The van der Waals surface area contributed by atoms with Gasteiger partial charge in [-0.1, -0.05) is 28.4 Å². The molecular weight excluding hydrogens is 612 g/mol. The van der Waals surface area contributed by atoms with Crippen LogP contribution in [0.2, 0.25) is 10.0 Å². The van der Waals surface area contributed by atoms with Gasteiger partial charge in [0.2, 0.25) is 0 Å². The van der Waals surface area contributed by atoms with Crippen molar-refractivity contribution >= 4 is 67.6 Å². The molecule has 1 aliphatic heterocycles. The molecule has 4 heterocycles. The maximum absolute atomic E-state index is 13.8. The maximum Gasteiger partial charge on any atom is 0.185 e. The first-order chi connectivity index (χ1) is 20.8. The monoisotopic (exact) mass is 637 g/mol. The highest BCUT2D eigenvalue weighted by Gasteiger charge is 2.25. The number of morpholine rings is 1. The molecular formula is C29H26Cl2FN9OS. The van der Waals surface area contributed by atoms with Gasteiger partial charge in [-0.15, -0.1) is 16.4 Å². The van der Waals surface area contributed by atoms with Gasteiger partial charge in [-0.05, 0) is 44.2 Å². The van der Waals surface area contributed by atoms with E-state index in [-0.39, 0.29) is 16.6 Å². The second-order valence-electron chi connectivity index (χ2n) is 10.2. The van der Waals surface area contributed by atoms with E-state index < -0.39 is 11.9 Å². The van der Waals surface area contributed by atoms with Gasteiger partial charge in [-0.2, -0.15) is 5.26 Å². The maximum atomic E-state index is 13.8. The van der Waals surface area contributed by atoms with Gasteiger partial charge in [0, 0.05) is 47.5 Å². The molecule has 14 heteroatoms. The van der Waals surface area contributed by atoms with Gasteiger partial charge in [0.15, 0.2) is 5.13 Å². The van der Waals surface area contributed by atoms with E-state index in [0.29, 0.717) is 51.9 Å². The smallest absolute Gasteiger partial charge is 0.185 e. The van der Waals surface area contributed by atoms with Gasteiger partial charge in [0.25, 0.3) is 0 Å². The van der Waals surface area contributed by atoms with Gasteiger partial charge in [0.05, 0.1) is 51.9 Å². The van der Waals surface area contributed by atoms with Gasteiger partial charge < -0.3 is 20.3 Å². The fraction of sp³-hybridized carbons (Fsp3) is 0.276. The van der Waals surface area contributed by atoms with E-state index in [0.717, 1.165) is 23.9 Å². The minimum Gasteiger partial charge on any atom is -0.378 e. The Morgan fingerprint density at radius 1 is 1.09 bits per heavy atom. The minimum atomic E-state index is -0.541. The predicted molar refractivity (Wildman–Crippen MR) is 167 cm³/mol. The third-order valence-corrected chi connectivity index (χ3v) is 8.48. The molecule has 0 saturated carbocycles. The summed E-state index contributed by atoms with van der Waals surface area (Å²) in [6.07, 6.45) is 3.35. The van der Waals surface area contributed by atoms with Crippen LogP contribution in [-0.4, -0.2) is 51.3 Å². The molecule has 220 valence electrons. The summed E-state index contributed by atoms with van der Waals surface area (Å²) in [6, 6.07) is 9.74. The van der Waals surface area contributed by atoms with Crippen molar-refractivity contribution in [1.29, 1.82) is 5.26 Å². The largest absolute Gasteiger partial charge is 0.378 e. The molecule has 1 atom stereocenters. The molecule has 3 aromatic heterocycles. The van der Waals surface area contributed by atoms with Crippen LogP contribution in [0.4, 0.5) is 26.6 Å². The van der Waals surface area contributed by atoms with Gasteiger partial charge in [-0.3, -0.25) is 4.98 Å². The van der Waals surface area contributed by atoms with Crippen LogP contribution >= 0.6 is 34.5 Å². The molecule has 43 heavy (non-hydrogen) atoms. The molecule has 0 unspecified atom stereocenters. The zero-order chi connectivity index (χ0) is 30.1. The van der Waals surface area contributed by atoms with Gasteiger partial charge >= 0.3 is 0 Å². The molecule has 0 radical (unpaired) electrons. The van der Waals surface area contributed by atoms with Crippen LogP contribution in [-0.2, 0) is 4.74 Å². The average molecular weight is 639 g/mol. The van der Waals surface area contributed by atoms with E-state index in [2.05, 4.69) is 36.9 Å². The Hall–Kier alpha value is -4.02. The van der Waals surface area contributed by atoms with Crippen molar-refractivity contribution in [3.05, 3.63) is 80.9 Å². The summed E-state index contributed by atoms with van der Waals surface area (Å²) < 4.78 is 21.1. The van der Waals surface area contributed by atoms with Crippen LogP contribution < -0.4 is 15.5 Å². The van der Waals surface area contributed by atoms with Crippen molar-refractivity contribution in [2.75, 3.05) is 41.8 Å². The highest BCUT2D eigenvalue weighted by atomic mass is 35.5. The topological polar surface area (TPSA) is 117 Å². The molecule has 1 aliphatic rings. The Bertz CT molecular complexity index is 1830. The average Bonchev–Trinajstić information content (AvgIpc) is 3.70.